The smallest absolute Gasteiger partial charge is 0.175 e. The first-order valence-electron chi connectivity index (χ1n) is 19.7. The minimum absolute atomic E-state index is 0.181. The van der Waals surface area contributed by atoms with Gasteiger partial charge in [0.1, 0.15) is 0 Å². The van der Waals surface area contributed by atoms with Crippen LogP contribution in [0.5, 0.6) is 0 Å². The van der Waals surface area contributed by atoms with Crippen LogP contribution >= 0.6 is 45.9 Å². The summed E-state index contributed by atoms with van der Waals surface area (Å²) in [7, 11) is -6.55. The number of sulfone groups is 2. The van der Waals surface area contributed by atoms with Gasteiger partial charge in [0.2, 0.25) is 0 Å². The predicted molar refractivity (Wildman–Crippen MR) is 253 cm³/mol. The van der Waals surface area contributed by atoms with E-state index in [2.05, 4.69) is 22.1 Å². The number of rotatable bonds is 11. The highest BCUT2D eigenvalue weighted by molar-refractivity contribution is 7.91. The quantitative estimate of drug-likeness (QED) is 0.134. The van der Waals surface area contributed by atoms with Crippen LogP contribution in [0.4, 0.5) is 0 Å². The number of hydrogen-bond acceptors (Lipinski definition) is 11. The molecule has 4 aromatic heterocycles. The predicted octanol–water partition coefficient (Wildman–Crippen LogP) is 9.97. The molecule has 17 heteroatoms. The van der Waals surface area contributed by atoms with E-state index in [4.69, 9.17) is 33.0 Å². The second kappa shape index (κ2) is 19.0. The number of aliphatic hydroxyl groups excluding tert-OH is 1. The van der Waals surface area contributed by atoms with Gasteiger partial charge < -0.3 is 9.84 Å². The van der Waals surface area contributed by atoms with E-state index in [0.717, 1.165) is 91.9 Å². The summed E-state index contributed by atoms with van der Waals surface area (Å²) >= 11 is 16.0. The molecule has 0 saturated carbocycles. The Hall–Kier alpha value is -4.94. The van der Waals surface area contributed by atoms with Gasteiger partial charge in [-0.2, -0.15) is 10.2 Å². The second-order valence-electron chi connectivity index (χ2n) is 14.7. The van der Waals surface area contributed by atoms with Crippen molar-refractivity contribution in [2.24, 2.45) is 0 Å². The largest absolute Gasteiger partial charge is 0.390 e. The number of benzene rings is 4. The van der Waals surface area contributed by atoms with Gasteiger partial charge in [0, 0.05) is 41.9 Å². The number of aliphatic hydroxyl groups is 1. The lowest BCUT2D eigenvalue weighted by Gasteiger charge is -2.25. The molecule has 63 heavy (non-hydrogen) atoms. The average molecular weight is 959 g/mol. The van der Waals surface area contributed by atoms with Gasteiger partial charge in [-0.25, -0.2) is 26.2 Å². The summed E-state index contributed by atoms with van der Waals surface area (Å²) in [5, 5.41) is 20.1. The van der Waals surface area contributed by atoms with E-state index in [1.807, 2.05) is 83.5 Å². The Morgan fingerprint density at radius 1 is 0.587 bits per heavy atom. The molecule has 11 nitrogen and oxygen atoms in total. The molecule has 324 valence electrons. The van der Waals surface area contributed by atoms with Crippen molar-refractivity contribution in [1.82, 2.24) is 24.5 Å². The van der Waals surface area contributed by atoms with Crippen molar-refractivity contribution in [2.45, 2.75) is 22.9 Å². The number of halogens is 2. The fourth-order valence-electron chi connectivity index (χ4n) is 6.99. The van der Waals surface area contributed by atoms with E-state index in [0.29, 0.717) is 20.6 Å². The summed E-state index contributed by atoms with van der Waals surface area (Å²) in [6.07, 6.45) is 2.43. The maximum Gasteiger partial charge on any atom is 0.175 e. The van der Waals surface area contributed by atoms with Crippen molar-refractivity contribution >= 4 is 65.5 Å². The Balaban J connectivity index is 0.000000175. The van der Waals surface area contributed by atoms with Crippen LogP contribution in [0.2, 0.25) is 10.0 Å². The molecule has 8 aromatic rings. The summed E-state index contributed by atoms with van der Waals surface area (Å²) in [5.41, 5.74) is 6.50. The maximum absolute atomic E-state index is 12.0. The van der Waals surface area contributed by atoms with Gasteiger partial charge in [0.25, 0.3) is 0 Å². The van der Waals surface area contributed by atoms with E-state index >= 15 is 0 Å². The molecule has 1 N–H and O–H groups in total. The number of nitrogens with zero attached hydrogens (tertiary/aromatic N) is 5. The van der Waals surface area contributed by atoms with E-state index < -0.39 is 19.7 Å². The minimum atomic E-state index is -3.28. The molecule has 1 saturated heterocycles. The van der Waals surface area contributed by atoms with Crippen LogP contribution in [0, 0.1) is 0 Å². The molecule has 0 spiro atoms. The highest BCUT2D eigenvalue weighted by Crippen LogP contribution is 2.39. The Morgan fingerprint density at radius 3 is 1.49 bits per heavy atom. The zero-order valence-corrected chi connectivity index (χ0v) is 38.8. The molecule has 1 aliphatic heterocycles. The highest BCUT2D eigenvalue weighted by Gasteiger charge is 2.20. The van der Waals surface area contributed by atoms with Crippen LogP contribution in [-0.2, 0) is 37.6 Å². The topological polar surface area (TPSA) is 137 Å². The first-order valence-corrected chi connectivity index (χ1v) is 25.8. The molecule has 0 amide bonds. The standard InChI is InChI=1S/C25H24ClN3O3S2.C21H17ClN2O3S2/c1-34(30,31)20-6-4-5-18(15-20)24-9-10-25(33-24)23-16-19(17-28-11-13-32-14-12-28)27-29(23)22-8-3-2-7-21(22)26;1-29(26,27)16-6-4-5-14(11-16)20-9-10-21(28-20)19-12-15(13-25)23-24(19)18-8-3-2-7-17(18)22/h2-10,15-16H,11-14,17H2,1H3;2-12,25H,13H2,1H3. The monoisotopic (exact) mass is 957 g/mol. The molecule has 1 fully saturated rings. The molecule has 0 bridgehead atoms. The van der Waals surface area contributed by atoms with Crippen molar-refractivity contribution in [2.75, 3.05) is 38.8 Å². The van der Waals surface area contributed by atoms with Gasteiger partial charge in [-0.05, 0) is 96.1 Å². The molecule has 4 aromatic carbocycles. The lowest BCUT2D eigenvalue weighted by Crippen LogP contribution is -2.35. The van der Waals surface area contributed by atoms with Crippen molar-refractivity contribution in [3.63, 3.8) is 0 Å². The molecule has 0 radical (unpaired) electrons. The Bertz CT molecular complexity index is 3130. The van der Waals surface area contributed by atoms with Crippen LogP contribution in [0.3, 0.4) is 0 Å². The van der Waals surface area contributed by atoms with Crippen molar-refractivity contribution < 1.29 is 26.7 Å². The maximum atomic E-state index is 12.0. The number of hydrogen-bond donors (Lipinski definition) is 1. The molecular formula is C46H41Cl2N5O6S4. The summed E-state index contributed by atoms with van der Waals surface area (Å²) in [5.74, 6) is 0. The normalized spacial score (nSPS) is 13.5. The molecule has 1 aliphatic rings. The fraction of sp³-hybridized carbons (Fsp3) is 0.174. The van der Waals surface area contributed by atoms with Crippen LogP contribution in [-0.4, -0.2) is 85.2 Å². The first-order chi connectivity index (χ1) is 30.2. The molecule has 5 heterocycles. The summed E-state index contributed by atoms with van der Waals surface area (Å²) in [6.45, 7) is 3.79. The number of para-hydroxylation sites is 2. The number of thiophene rings is 2. The third-order valence-corrected chi connectivity index (χ3v) is 15.3. The zero-order chi connectivity index (χ0) is 44.3. The Morgan fingerprint density at radius 2 is 1.03 bits per heavy atom. The fourth-order valence-corrected chi connectivity index (χ4v) is 10.8. The van der Waals surface area contributed by atoms with Crippen LogP contribution in [0.25, 0.3) is 53.4 Å². The summed E-state index contributed by atoms with van der Waals surface area (Å²) in [4.78, 5) is 6.81. The van der Waals surface area contributed by atoms with Gasteiger partial charge in [-0.15, -0.1) is 22.7 Å². The number of ether oxygens (including phenoxy) is 1. The molecular weight excluding hydrogens is 918 g/mol. The summed E-state index contributed by atoms with van der Waals surface area (Å²) < 4.78 is 56.9. The number of aromatic nitrogens is 4. The van der Waals surface area contributed by atoms with Gasteiger partial charge in [0.05, 0.1) is 83.6 Å². The second-order valence-corrected chi connectivity index (χ2v) is 21.8. The Labute approximate surface area is 384 Å². The molecule has 0 atom stereocenters. The van der Waals surface area contributed by atoms with E-state index in [-0.39, 0.29) is 11.5 Å². The SMILES string of the molecule is CS(=O)(=O)c1cccc(-c2ccc(-c3cc(CN4CCOCC4)nn3-c3ccccc3Cl)s2)c1.CS(=O)(=O)c1cccc(-c2ccc(-c3cc(CO)nn3-c3ccccc3Cl)s2)c1. The molecule has 9 rings (SSSR count). The van der Waals surface area contributed by atoms with Gasteiger partial charge in [0.15, 0.2) is 19.7 Å². The van der Waals surface area contributed by atoms with Crippen LogP contribution in [0.15, 0.2) is 143 Å². The van der Waals surface area contributed by atoms with Crippen molar-refractivity contribution in [1.29, 1.82) is 0 Å². The van der Waals surface area contributed by atoms with E-state index in [1.165, 1.54) is 23.8 Å². The highest BCUT2D eigenvalue weighted by atomic mass is 35.5. The third kappa shape index (κ3) is 10.4. The first kappa shape index (κ1) is 44.7. The Kier molecular flexibility index (Phi) is 13.5. The van der Waals surface area contributed by atoms with Gasteiger partial charge in [-0.1, -0.05) is 71.7 Å². The van der Waals surface area contributed by atoms with Gasteiger partial charge in [-0.3, -0.25) is 4.90 Å². The van der Waals surface area contributed by atoms with Crippen molar-refractivity contribution in [3.8, 4) is 53.4 Å². The lowest BCUT2D eigenvalue weighted by molar-refractivity contribution is 0.0336. The zero-order valence-electron chi connectivity index (χ0n) is 34.1. The third-order valence-electron chi connectivity index (χ3n) is 10.1. The van der Waals surface area contributed by atoms with Crippen LogP contribution < -0.4 is 0 Å². The van der Waals surface area contributed by atoms with Gasteiger partial charge >= 0.3 is 0 Å². The van der Waals surface area contributed by atoms with Crippen molar-refractivity contribution in [3.05, 3.63) is 155 Å². The average Bonchev–Trinajstić information content (AvgIpc) is 4.11. The molecule has 0 unspecified atom stereocenters. The summed E-state index contributed by atoms with van der Waals surface area (Å²) in [6, 6.07) is 40.9. The molecule has 0 aliphatic carbocycles. The van der Waals surface area contributed by atoms with E-state index in [9.17, 15) is 21.9 Å². The van der Waals surface area contributed by atoms with E-state index in [1.54, 1.807) is 58.5 Å². The number of morpholine rings is 1. The van der Waals surface area contributed by atoms with Crippen LogP contribution in [0.1, 0.15) is 11.4 Å². The minimum Gasteiger partial charge on any atom is -0.390 e. The lowest BCUT2D eigenvalue weighted by atomic mass is 10.2.